The highest BCUT2D eigenvalue weighted by Crippen LogP contribution is 2.33. The second kappa shape index (κ2) is 8.75. The van der Waals surface area contributed by atoms with Crippen molar-refractivity contribution in [2.75, 3.05) is 0 Å². The first-order chi connectivity index (χ1) is 14.6. The van der Waals surface area contributed by atoms with Gasteiger partial charge in [-0.15, -0.1) is 10.2 Å². The molecular weight excluding hydrogens is 413 g/mol. The molecule has 0 fully saturated rings. The number of aromatic nitrogens is 3. The van der Waals surface area contributed by atoms with Crippen LogP contribution in [0.15, 0.2) is 48.7 Å². The van der Waals surface area contributed by atoms with Crippen LogP contribution in [0, 0.1) is 5.92 Å². The summed E-state index contributed by atoms with van der Waals surface area (Å²) in [5, 5.41) is 10.4. The summed E-state index contributed by atoms with van der Waals surface area (Å²) in [6.07, 6.45) is -4.41. The van der Waals surface area contributed by atoms with Crippen LogP contribution in [-0.4, -0.2) is 26.5 Å². The highest BCUT2D eigenvalue weighted by Gasteiger charge is 2.36. The lowest BCUT2D eigenvalue weighted by Crippen LogP contribution is -2.37. The quantitative estimate of drug-likeness (QED) is 0.596. The molecule has 1 unspecified atom stereocenters. The number of nitrogens with one attached hydrogen (secondary N) is 1. The second-order valence-corrected chi connectivity index (χ2v) is 7.30. The largest absolute Gasteiger partial charge is 0.447 e. The van der Waals surface area contributed by atoms with Crippen LogP contribution in [0.25, 0.3) is 5.65 Å². The Kier molecular flexibility index (Phi) is 6.28. The molecule has 0 saturated carbocycles. The van der Waals surface area contributed by atoms with E-state index in [0.29, 0.717) is 5.56 Å². The number of halogens is 3. The Morgan fingerprint density at radius 1 is 1.06 bits per heavy atom. The van der Waals surface area contributed by atoms with E-state index in [1.807, 2.05) is 0 Å². The topological polar surface area (TPSA) is 85.6 Å². The number of amides is 1. The Bertz CT molecular complexity index is 1080. The van der Waals surface area contributed by atoms with Crippen LogP contribution in [0.2, 0.25) is 0 Å². The minimum absolute atomic E-state index is 0.138. The molecule has 1 aromatic carbocycles. The lowest BCUT2D eigenvalue weighted by atomic mass is 10.0. The van der Waals surface area contributed by atoms with E-state index in [1.165, 1.54) is 23.6 Å². The number of hydrogen-bond donors (Lipinski definition) is 1. The predicted molar refractivity (Wildman–Crippen MR) is 105 cm³/mol. The number of pyridine rings is 1. The van der Waals surface area contributed by atoms with Gasteiger partial charge in [0.1, 0.15) is 5.56 Å². The van der Waals surface area contributed by atoms with Crippen molar-refractivity contribution in [2.45, 2.75) is 39.1 Å². The van der Waals surface area contributed by atoms with Crippen LogP contribution in [-0.2, 0) is 20.5 Å². The Labute approximate surface area is 176 Å². The number of ether oxygens (including phenoxy) is 1. The van der Waals surface area contributed by atoms with E-state index in [9.17, 15) is 22.8 Å². The lowest BCUT2D eigenvalue weighted by Gasteiger charge is -2.24. The molecule has 0 aliphatic rings. The van der Waals surface area contributed by atoms with E-state index < -0.39 is 35.8 Å². The Hall–Kier alpha value is -3.43. The molecule has 10 heteroatoms. The molecule has 7 nitrogen and oxygen atoms in total. The third kappa shape index (κ3) is 4.84. The fourth-order valence-electron chi connectivity index (χ4n) is 3.19. The molecule has 0 radical (unpaired) electrons. The summed E-state index contributed by atoms with van der Waals surface area (Å²) in [6, 6.07) is 9.81. The molecule has 31 heavy (non-hydrogen) atoms. The standard InChI is InChI=1S/C21H21F3N4O3/c1-12(2)16(19-27-26-18-15(21(22,23)24)10-7-11-28(18)19)25-20(30)17(31-13(3)29)14-8-5-4-6-9-14/h4-12,16-17H,1-3H3,(H,25,30)/t16-,17?/m0/s1. The monoisotopic (exact) mass is 434 g/mol. The van der Waals surface area contributed by atoms with Crippen molar-refractivity contribution in [3.63, 3.8) is 0 Å². The van der Waals surface area contributed by atoms with E-state index >= 15 is 0 Å². The van der Waals surface area contributed by atoms with Crippen LogP contribution >= 0.6 is 0 Å². The van der Waals surface area contributed by atoms with Crippen molar-refractivity contribution in [3.05, 3.63) is 65.6 Å². The summed E-state index contributed by atoms with van der Waals surface area (Å²) in [4.78, 5) is 24.6. The van der Waals surface area contributed by atoms with Crippen LogP contribution in [0.3, 0.4) is 0 Å². The first-order valence-corrected chi connectivity index (χ1v) is 9.53. The van der Waals surface area contributed by atoms with Gasteiger partial charge in [-0.05, 0) is 18.1 Å². The summed E-state index contributed by atoms with van der Waals surface area (Å²) < 4.78 is 46.3. The SMILES string of the molecule is CC(=O)OC(C(=O)N[C@H](c1nnc2c(C(F)(F)F)cccn12)C(C)C)c1ccccc1. The molecule has 0 aliphatic carbocycles. The van der Waals surface area contributed by atoms with Crippen molar-refractivity contribution in [1.29, 1.82) is 0 Å². The number of nitrogens with zero attached hydrogens (tertiary/aromatic N) is 3. The van der Waals surface area contributed by atoms with Crippen LogP contribution in [0.1, 0.15) is 49.9 Å². The van der Waals surface area contributed by atoms with Gasteiger partial charge in [-0.25, -0.2) is 0 Å². The molecule has 1 amide bonds. The normalized spacial score (nSPS) is 13.8. The highest BCUT2D eigenvalue weighted by atomic mass is 19.4. The Balaban J connectivity index is 1.98. The summed E-state index contributed by atoms with van der Waals surface area (Å²) in [5.74, 6) is -1.38. The van der Waals surface area contributed by atoms with E-state index in [4.69, 9.17) is 4.74 Å². The first kappa shape index (κ1) is 22.3. The van der Waals surface area contributed by atoms with E-state index in [2.05, 4.69) is 15.5 Å². The third-order valence-electron chi connectivity index (χ3n) is 4.63. The molecule has 2 aromatic heterocycles. The van der Waals surface area contributed by atoms with Gasteiger partial charge in [-0.3, -0.25) is 14.0 Å². The van der Waals surface area contributed by atoms with Gasteiger partial charge in [0.15, 0.2) is 11.5 Å². The van der Waals surface area contributed by atoms with Gasteiger partial charge in [0.25, 0.3) is 5.91 Å². The number of hydrogen-bond acceptors (Lipinski definition) is 5. The van der Waals surface area contributed by atoms with E-state index in [-0.39, 0.29) is 17.4 Å². The number of rotatable bonds is 6. The van der Waals surface area contributed by atoms with Gasteiger partial charge in [0.05, 0.1) is 6.04 Å². The average molecular weight is 434 g/mol. The lowest BCUT2D eigenvalue weighted by molar-refractivity contribution is -0.154. The maximum atomic E-state index is 13.3. The van der Waals surface area contributed by atoms with Gasteiger partial charge in [0.2, 0.25) is 6.10 Å². The molecule has 164 valence electrons. The maximum Gasteiger partial charge on any atom is 0.420 e. The minimum Gasteiger partial charge on any atom is -0.447 e. The number of esters is 1. The Morgan fingerprint density at radius 3 is 2.32 bits per heavy atom. The predicted octanol–water partition coefficient (Wildman–Crippen LogP) is 3.87. The van der Waals surface area contributed by atoms with Crippen LogP contribution in [0.5, 0.6) is 0 Å². The summed E-state index contributed by atoms with van der Waals surface area (Å²) in [7, 11) is 0. The number of benzene rings is 1. The van der Waals surface area contributed by atoms with Gasteiger partial charge < -0.3 is 10.1 Å². The van der Waals surface area contributed by atoms with Crippen molar-refractivity contribution < 1.29 is 27.5 Å². The second-order valence-electron chi connectivity index (χ2n) is 7.30. The summed E-state index contributed by atoms with van der Waals surface area (Å²) >= 11 is 0. The summed E-state index contributed by atoms with van der Waals surface area (Å²) in [5.41, 5.74) is -0.822. The molecule has 1 N–H and O–H groups in total. The zero-order chi connectivity index (χ0) is 22.8. The molecule has 0 bridgehead atoms. The zero-order valence-corrected chi connectivity index (χ0v) is 17.1. The Morgan fingerprint density at radius 2 is 1.74 bits per heavy atom. The van der Waals surface area contributed by atoms with E-state index in [1.54, 1.807) is 44.2 Å². The van der Waals surface area contributed by atoms with Gasteiger partial charge in [-0.1, -0.05) is 44.2 Å². The van der Waals surface area contributed by atoms with Crippen molar-refractivity contribution in [1.82, 2.24) is 19.9 Å². The summed E-state index contributed by atoms with van der Waals surface area (Å²) in [6.45, 7) is 4.75. The number of fused-ring (bicyclic) bond motifs is 1. The molecule has 2 atom stereocenters. The fourth-order valence-corrected chi connectivity index (χ4v) is 3.19. The number of carbonyl (C=O) groups excluding carboxylic acids is 2. The molecule has 0 aliphatic heterocycles. The van der Waals surface area contributed by atoms with Gasteiger partial charge in [0, 0.05) is 18.7 Å². The van der Waals surface area contributed by atoms with Crippen LogP contribution in [0.4, 0.5) is 13.2 Å². The molecule has 0 spiro atoms. The average Bonchev–Trinajstić information content (AvgIpc) is 3.13. The van der Waals surface area contributed by atoms with Crippen molar-refractivity contribution >= 4 is 17.5 Å². The molecule has 3 rings (SSSR count). The van der Waals surface area contributed by atoms with Gasteiger partial charge >= 0.3 is 12.1 Å². The molecule has 2 heterocycles. The zero-order valence-electron chi connectivity index (χ0n) is 17.1. The number of carbonyl (C=O) groups is 2. The number of alkyl halides is 3. The highest BCUT2D eigenvalue weighted by molar-refractivity contribution is 5.85. The minimum atomic E-state index is -4.60. The smallest absolute Gasteiger partial charge is 0.420 e. The van der Waals surface area contributed by atoms with Crippen molar-refractivity contribution in [3.8, 4) is 0 Å². The first-order valence-electron chi connectivity index (χ1n) is 9.53. The molecule has 0 saturated heterocycles. The van der Waals surface area contributed by atoms with E-state index in [0.717, 1.165) is 6.07 Å². The molecular formula is C21H21F3N4O3. The van der Waals surface area contributed by atoms with Gasteiger partial charge in [-0.2, -0.15) is 13.2 Å². The third-order valence-corrected chi connectivity index (χ3v) is 4.63. The van der Waals surface area contributed by atoms with Crippen molar-refractivity contribution in [2.24, 2.45) is 5.92 Å². The van der Waals surface area contributed by atoms with Crippen LogP contribution < -0.4 is 5.32 Å². The maximum absolute atomic E-state index is 13.3. The molecule has 3 aromatic rings. The fraction of sp³-hybridized carbons (Fsp3) is 0.333.